The normalized spacial score (nSPS) is 17.5. The van der Waals surface area contributed by atoms with Crippen molar-refractivity contribution in [3.63, 3.8) is 0 Å². The predicted octanol–water partition coefficient (Wildman–Crippen LogP) is 3.28. The van der Waals surface area contributed by atoms with Crippen LogP contribution in [0.25, 0.3) is 0 Å². The standard InChI is InChI=1S/C21H25N3O2/c1-16-9-11-19(12-10-16)22-20(25)15-24-13-5-6-17(14-24)21(26)23-18-7-3-2-4-8-18/h2-4,7-12,17H,5-6,13-15H2,1H3,(H,22,25)(H,23,26)/t17-/m1/s1. The lowest BCUT2D eigenvalue weighted by molar-refractivity contribution is -0.123. The number of carbonyl (C=O) groups is 2. The van der Waals surface area contributed by atoms with Crippen LogP contribution in [-0.4, -0.2) is 36.3 Å². The third-order valence-corrected chi connectivity index (χ3v) is 4.62. The minimum atomic E-state index is -0.0869. The predicted molar refractivity (Wildman–Crippen MR) is 104 cm³/mol. The van der Waals surface area contributed by atoms with Crippen molar-refractivity contribution in [3.05, 3.63) is 60.2 Å². The number of para-hydroxylation sites is 1. The van der Waals surface area contributed by atoms with Crippen LogP contribution in [0.1, 0.15) is 18.4 Å². The smallest absolute Gasteiger partial charge is 0.238 e. The number of aryl methyl sites for hydroxylation is 1. The van der Waals surface area contributed by atoms with E-state index in [0.29, 0.717) is 13.1 Å². The van der Waals surface area contributed by atoms with E-state index in [4.69, 9.17) is 0 Å². The molecule has 0 unspecified atom stereocenters. The molecule has 2 aromatic rings. The number of nitrogens with one attached hydrogen (secondary N) is 2. The van der Waals surface area contributed by atoms with Crippen molar-refractivity contribution >= 4 is 23.2 Å². The van der Waals surface area contributed by atoms with Crippen LogP contribution in [-0.2, 0) is 9.59 Å². The number of piperidine rings is 1. The monoisotopic (exact) mass is 351 g/mol. The molecule has 1 heterocycles. The fourth-order valence-corrected chi connectivity index (χ4v) is 3.22. The van der Waals surface area contributed by atoms with Crippen LogP contribution < -0.4 is 10.6 Å². The van der Waals surface area contributed by atoms with Gasteiger partial charge in [0.2, 0.25) is 11.8 Å². The second-order valence-electron chi connectivity index (χ2n) is 6.84. The van der Waals surface area contributed by atoms with Gasteiger partial charge in [-0.25, -0.2) is 0 Å². The lowest BCUT2D eigenvalue weighted by Crippen LogP contribution is -2.43. The van der Waals surface area contributed by atoms with Crippen LogP contribution in [0.3, 0.4) is 0 Å². The molecule has 136 valence electrons. The van der Waals surface area contributed by atoms with Gasteiger partial charge in [-0.3, -0.25) is 14.5 Å². The maximum Gasteiger partial charge on any atom is 0.238 e. The quantitative estimate of drug-likeness (QED) is 0.869. The van der Waals surface area contributed by atoms with Crippen molar-refractivity contribution in [3.8, 4) is 0 Å². The molecule has 0 aliphatic carbocycles. The number of nitrogens with zero attached hydrogens (tertiary/aromatic N) is 1. The number of carbonyl (C=O) groups excluding carboxylic acids is 2. The molecule has 1 aliphatic heterocycles. The lowest BCUT2D eigenvalue weighted by atomic mass is 9.97. The highest BCUT2D eigenvalue weighted by molar-refractivity contribution is 5.93. The van der Waals surface area contributed by atoms with Crippen LogP contribution in [0.4, 0.5) is 11.4 Å². The fraction of sp³-hybridized carbons (Fsp3) is 0.333. The summed E-state index contributed by atoms with van der Waals surface area (Å²) in [6.07, 6.45) is 1.78. The van der Waals surface area contributed by atoms with E-state index in [9.17, 15) is 9.59 Å². The highest BCUT2D eigenvalue weighted by Crippen LogP contribution is 2.19. The summed E-state index contributed by atoms with van der Waals surface area (Å²) in [5.74, 6) is -0.103. The zero-order chi connectivity index (χ0) is 18.4. The molecule has 3 rings (SSSR count). The first-order valence-corrected chi connectivity index (χ1v) is 9.05. The van der Waals surface area contributed by atoms with Gasteiger partial charge in [0.15, 0.2) is 0 Å². The van der Waals surface area contributed by atoms with Crippen LogP contribution in [0.15, 0.2) is 54.6 Å². The Hall–Kier alpha value is -2.66. The summed E-state index contributed by atoms with van der Waals surface area (Å²) in [4.78, 5) is 26.8. The second kappa shape index (κ2) is 8.63. The number of hydrogen-bond donors (Lipinski definition) is 2. The van der Waals surface area contributed by atoms with Crippen LogP contribution in [0.2, 0.25) is 0 Å². The number of rotatable bonds is 5. The van der Waals surface area contributed by atoms with E-state index in [0.717, 1.165) is 36.3 Å². The van der Waals surface area contributed by atoms with Gasteiger partial charge >= 0.3 is 0 Å². The summed E-state index contributed by atoms with van der Waals surface area (Å²) in [6, 6.07) is 17.2. The lowest BCUT2D eigenvalue weighted by Gasteiger charge is -2.31. The molecule has 0 aromatic heterocycles. The maximum absolute atomic E-state index is 12.5. The average molecular weight is 351 g/mol. The molecule has 2 N–H and O–H groups in total. The van der Waals surface area contributed by atoms with Crippen LogP contribution >= 0.6 is 0 Å². The minimum Gasteiger partial charge on any atom is -0.326 e. The van der Waals surface area contributed by atoms with E-state index in [-0.39, 0.29) is 17.7 Å². The first kappa shape index (κ1) is 18.1. The molecule has 0 bridgehead atoms. The highest BCUT2D eigenvalue weighted by atomic mass is 16.2. The number of benzene rings is 2. The van der Waals surface area contributed by atoms with Gasteiger partial charge in [-0.2, -0.15) is 0 Å². The summed E-state index contributed by atoms with van der Waals surface area (Å²) in [5.41, 5.74) is 2.77. The van der Waals surface area contributed by atoms with E-state index < -0.39 is 0 Å². The Kier molecular flexibility index (Phi) is 6.02. The molecule has 2 aromatic carbocycles. The Morgan fingerprint density at radius 1 is 1.00 bits per heavy atom. The van der Waals surface area contributed by atoms with Crippen LogP contribution in [0, 0.1) is 12.8 Å². The van der Waals surface area contributed by atoms with Crippen LogP contribution in [0.5, 0.6) is 0 Å². The number of hydrogen-bond acceptors (Lipinski definition) is 3. The summed E-state index contributed by atoms with van der Waals surface area (Å²) in [5, 5.41) is 5.88. The van der Waals surface area contributed by atoms with Crippen molar-refractivity contribution in [2.75, 3.05) is 30.3 Å². The SMILES string of the molecule is Cc1ccc(NC(=O)CN2CCC[C@@H](C(=O)Nc3ccccc3)C2)cc1. The number of likely N-dealkylation sites (tertiary alicyclic amines) is 1. The second-order valence-corrected chi connectivity index (χ2v) is 6.84. The summed E-state index contributed by atoms with van der Waals surface area (Å²) in [7, 11) is 0. The Bertz CT molecular complexity index is 744. The molecule has 1 atom stereocenters. The largest absolute Gasteiger partial charge is 0.326 e. The Morgan fingerprint density at radius 2 is 1.69 bits per heavy atom. The first-order valence-electron chi connectivity index (χ1n) is 9.05. The van der Waals surface area contributed by atoms with E-state index in [1.165, 1.54) is 0 Å². The molecule has 5 nitrogen and oxygen atoms in total. The highest BCUT2D eigenvalue weighted by Gasteiger charge is 2.26. The van der Waals surface area contributed by atoms with Gasteiger partial charge in [0.25, 0.3) is 0 Å². The molecule has 1 saturated heterocycles. The van der Waals surface area contributed by atoms with Crippen molar-refractivity contribution in [2.45, 2.75) is 19.8 Å². The van der Waals surface area contributed by atoms with Crippen molar-refractivity contribution < 1.29 is 9.59 Å². The molecule has 5 heteroatoms. The summed E-state index contributed by atoms with van der Waals surface area (Å²) >= 11 is 0. The van der Waals surface area contributed by atoms with Gasteiger partial charge < -0.3 is 10.6 Å². The number of amides is 2. The molecule has 0 radical (unpaired) electrons. The van der Waals surface area contributed by atoms with Crippen molar-refractivity contribution in [1.82, 2.24) is 4.90 Å². The van der Waals surface area contributed by atoms with Gasteiger partial charge in [-0.05, 0) is 50.6 Å². The van der Waals surface area contributed by atoms with E-state index in [1.807, 2.05) is 61.5 Å². The Balaban J connectivity index is 1.50. The molecular formula is C21H25N3O2. The summed E-state index contributed by atoms with van der Waals surface area (Å²) < 4.78 is 0. The fourth-order valence-electron chi connectivity index (χ4n) is 3.22. The van der Waals surface area contributed by atoms with Gasteiger partial charge in [0, 0.05) is 17.9 Å². The molecular weight excluding hydrogens is 326 g/mol. The van der Waals surface area contributed by atoms with E-state index in [1.54, 1.807) is 0 Å². The molecule has 2 amide bonds. The molecule has 1 fully saturated rings. The van der Waals surface area contributed by atoms with Gasteiger partial charge in [-0.1, -0.05) is 35.9 Å². The minimum absolute atomic E-state index is 0.0276. The van der Waals surface area contributed by atoms with E-state index in [2.05, 4.69) is 15.5 Å². The average Bonchev–Trinajstić information content (AvgIpc) is 2.64. The topological polar surface area (TPSA) is 61.4 Å². The van der Waals surface area contributed by atoms with Crippen molar-refractivity contribution in [2.24, 2.45) is 5.92 Å². The third-order valence-electron chi connectivity index (χ3n) is 4.62. The Morgan fingerprint density at radius 3 is 2.42 bits per heavy atom. The number of anilines is 2. The zero-order valence-corrected chi connectivity index (χ0v) is 15.1. The molecule has 26 heavy (non-hydrogen) atoms. The maximum atomic E-state index is 12.5. The molecule has 1 aliphatic rings. The first-order chi connectivity index (χ1) is 12.6. The zero-order valence-electron chi connectivity index (χ0n) is 15.1. The molecule has 0 saturated carbocycles. The van der Waals surface area contributed by atoms with Gasteiger partial charge in [-0.15, -0.1) is 0 Å². The van der Waals surface area contributed by atoms with Crippen molar-refractivity contribution in [1.29, 1.82) is 0 Å². The Labute approximate surface area is 154 Å². The molecule has 0 spiro atoms. The van der Waals surface area contributed by atoms with Gasteiger partial charge in [0.05, 0.1) is 12.5 Å². The van der Waals surface area contributed by atoms with E-state index >= 15 is 0 Å². The van der Waals surface area contributed by atoms with Gasteiger partial charge in [0.1, 0.15) is 0 Å². The summed E-state index contributed by atoms with van der Waals surface area (Å²) in [6.45, 7) is 3.78. The third kappa shape index (κ3) is 5.17.